The van der Waals surface area contributed by atoms with E-state index < -0.39 is 17.7 Å². The standard InChI is InChI=1S/C30H29NO3/c1-30(2,3)24-17-15-23(16-18-24)27-26(25(32)19-14-21-10-6-4-7-11-21)28(33)29(34)31(27)20-22-12-8-5-9-13-22/h4-19,27,33H,20H2,1-3H3. The second-order valence-corrected chi connectivity index (χ2v) is 9.56. The maximum atomic E-state index is 13.3. The van der Waals surface area contributed by atoms with Crippen LogP contribution in [0.25, 0.3) is 6.08 Å². The predicted octanol–water partition coefficient (Wildman–Crippen LogP) is 6.16. The molecule has 4 nitrogen and oxygen atoms in total. The molecule has 1 aliphatic heterocycles. The highest BCUT2D eigenvalue weighted by atomic mass is 16.3. The van der Waals surface area contributed by atoms with Gasteiger partial charge in [0.2, 0.25) is 0 Å². The maximum absolute atomic E-state index is 13.3. The summed E-state index contributed by atoms with van der Waals surface area (Å²) in [5, 5.41) is 10.8. The zero-order chi connectivity index (χ0) is 24.3. The van der Waals surface area contributed by atoms with Gasteiger partial charge in [-0.1, -0.05) is 112 Å². The molecular weight excluding hydrogens is 422 g/mol. The molecule has 0 aliphatic carbocycles. The lowest BCUT2D eigenvalue weighted by atomic mass is 9.85. The Balaban J connectivity index is 1.73. The molecule has 3 aromatic rings. The largest absolute Gasteiger partial charge is 0.503 e. The molecule has 1 heterocycles. The number of carbonyl (C=O) groups excluding carboxylic acids is 2. The van der Waals surface area contributed by atoms with Gasteiger partial charge in [0.25, 0.3) is 5.91 Å². The van der Waals surface area contributed by atoms with E-state index in [1.165, 1.54) is 6.08 Å². The van der Waals surface area contributed by atoms with Crippen molar-refractivity contribution in [1.82, 2.24) is 4.90 Å². The van der Waals surface area contributed by atoms with Crippen molar-refractivity contribution in [2.45, 2.75) is 38.8 Å². The molecule has 3 aromatic carbocycles. The van der Waals surface area contributed by atoms with Crippen LogP contribution in [0.3, 0.4) is 0 Å². The average molecular weight is 452 g/mol. The summed E-state index contributed by atoms with van der Waals surface area (Å²) in [5.41, 5.74) is 3.82. The van der Waals surface area contributed by atoms with Crippen molar-refractivity contribution in [1.29, 1.82) is 0 Å². The van der Waals surface area contributed by atoms with Gasteiger partial charge in [-0.2, -0.15) is 0 Å². The summed E-state index contributed by atoms with van der Waals surface area (Å²) in [5.74, 6) is -1.40. The average Bonchev–Trinajstić information content (AvgIpc) is 3.08. The molecule has 0 spiro atoms. The Labute approximate surface area is 200 Å². The molecule has 1 unspecified atom stereocenters. The fraction of sp³-hybridized carbons (Fsp3) is 0.200. The number of hydrogen-bond donors (Lipinski definition) is 1. The van der Waals surface area contributed by atoms with Crippen LogP contribution in [0.4, 0.5) is 0 Å². The second kappa shape index (κ2) is 9.52. The molecule has 0 saturated carbocycles. The van der Waals surface area contributed by atoms with Gasteiger partial charge in [-0.05, 0) is 33.7 Å². The minimum absolute atomic E-state index is 0.0250. The zero-order valence-electron chi connectivity index (χ0n) is 19.7. The van der Waals surface area contributed by atoms with Crippen LogP contribution in [0.1, 0.15) is 49.1 Å². The highest BCUT2D eigenvalue weighted by molar-refractivity contribution is 6.14. The number of nitrogens with zero attached hydrogens (tertiary/aromatic N) is 1. The first kappa shape index (κ1) is 23.2. The van der Waals surface area contributed by atoms with Crippen molar-refractivity contribution in [2.75, 3.05) is 0 Å². The summed E-state index contributed by atoms with van der Waals surface area (Å²) >= 11 is 0. The fourth-order valence-corrected chi connectivity index (χ4v) is 4.19. The summed E-state index contributed by atoms with van der Waals surface area (Å²) < 4.78 is 0. The van der Waals surface area contributed by atoms with Gasteiger partial charge in [0.1, 0.15) is 0 Å². The minimum Gasteiger partial charge on any atom is -0.503 e. The van der Waals surface area contributed by atoms with E-state index in [4.69, 9.17) is 0 Å². The second-order valence-electron chi connectivity index (χ2n) is 9.56. The lowest BCUT2D eigenvalue weighted by Gasteiger charge is -2.27. The van der Waals surface area contributed by atoms with Gasteiger partial charge >= 0.3 is 0 Å². The van der Waals surface area contributed by atoms with Crippen LogP contribution in [-0.4, -0.2) is 21.7 Å². The van der Waals surface area contributed by atoms with Crippen molar-refractivity contribution in [3.63, 3.8) is 0 Å². The molecule has 1 aliphatic rings. The van der Waals surface area contributed by atoms with Crippen LogP contribution in [-0.2, 0) is 21.5 Å². The minimum atomic E-state index is -0.672. The molecule has 0 aromatic heterocycles. The number of aliphatic hydroxyl groups is 1. The molecule has 4 heteroatoms. The number of amides is 1. The van der Waals surface area contributed by atoms with E-state index in [1.807, 2.05) is 84.9 Å². The Kier molecular flexibility index (Phi) is 6.51. The first-order valence-corrected chi connectivity index (χ1v) is 11.4. The number of benzene rings is 3. The van der Waals surface area contributed by atoms with Gasteiger partial charge in [-0.15, -0.1) is 0 Å². The zero-order valence-corrected chi connectivity index (χ0v) is 19.7. The molecule has 1 amide bonds. The summed E-state index contributed by atoms with van der Waals surface area (Å²) in [6.07, 6.45) is 3.13. The number of carbonyl (C=O) groups is 2. The lowest BCUT2D eigenvalue weighted by molar-refractivity contribution is -0.130. The Morgan fingerprint density at radius 1 is 0.912 bits per heavy atom. The van der Waals surface area contributed by atoms with E-state index >= 15 is 0 Å². The van der Waals surface area contributed by atoms with Crippen LogP contribution < -0.4 is 0 Å². The van der Waals surface area contributed by atoms with Crippen LogP contribution in [0.5, 0.6) is 0 Å². The molecule has 1 N–H and O–H groups in total. The maximum Gasteiger partial charge on any atom is 0.290 e. The number of hydrogen-bond acceptors (Lipinski definition) is 3. The van der Waals surface area contributed by atoms with E-state index in [-0.39, 0.29) is 23.3 Å². The topological polar surface area (TPSA) is 57.6 Å². The number of ketones is 1. The third-order valence-electron chi connectivity index (χ3n) is 6.08. The van der Waals surface area contributed by atoms with Crippen molar-refractivity contribution >= 4 is 17.8 Å². The summed E-state index contributed by atoms with van der Waals surface area (Å²) in [4.78, 5) is 28.0. The first-order chi connectivity index (χ1) is 16.3. The molecule has 1 atom stereocenters. The predicted molar refractivity (Wildman–Crippen MR) is 135 cm³/mol. The van der Waals surface area contributed by atoms with Gasteiger partial charge in [0.15, 0.2) is 11.5 Å². The Hall–Kier alpha value is -3.92. The normalized spacial score (nSPS) is 16.5. The van der Waals surface area contributed by atoms with Crippen LogP contribution >= 0.6 is 0 Å². The van der Waals surface area contributed by atoms with Gasteiger partial charge in [0, 0.05) is 6.54 Å². The van der Waals surface area contributed by atoms with E-state index in [9.17, 15) is 14.7 Å². The van der Waals surface area contributed by atoms with E-state index in [2.05, 4.69) is 20.8 Å². The van der Waals surface area contributed by atoms with Crippen molar-refractivity contribution in [3.05, 3.63) is 125 Å². The Morgan fingerprint density at radius 2 is 1.50 bits per heavy atom. The van der Waals surface area contributed by atoms with Gasteiger partial charge in [-0.3, -0.25) is 9.59 Å². The van der Waals surface area contributed by atoms with Crippen molar-refractivity contribution in [3.8, 4) is 0 Å². The van der Waals surface area contributed by atoms with Crippen LogP contribution in [0.2, 0.25) is 0 Å². The van der Waals surface area contributed by atoms with Gasteiger partial charge < -0.3 is 10.0 Å². The molecule has 34 heavy (non-hydrogen) atoms. The first-order valence-electron chi connectivity index (χ1n) is 11.4. The fourth-order valence-electron chi connectivity index (χ4n) is 4.19. The molecule has 0 saturated heterocycles. The van der Waals surface area contributed by atoms with Gasteiger partial charge in [-0.25, -0.2) is 0 Å². The quantitative estimate of drug-likeness (QED) is 0.457. The van der Waals surface area contributed by atoms with Crippen LogP contribution in [0.15, 0.2) is 102 Å². The van der Waals surface area contributed by atoms with E-state index in [0.29, 0.717) is 0 Å². The van der Waals surface area contributed by atoms with Crippen molar-refractivity contribution in [2.24, 2.45) is 0 Å². The van der Waals surface area contributed by atoms with Crippen molar-refractivity contribution < 1.29 is 14.7 Å². The summed E-state index contributed by atoms with van der Waals surface area (Å²) in [6, 6.07) is 26.3. The van der Waals surface area contributed by atoms with Crippen LogP contribution in [0, 0.1) is 0 Å². The summed E-state index contributed by atoms with van der Waals surface area (Å²) in [7, 11) is 0. The number of allylic oxidation sites excluding steroid dienone is 1. The molecule has 0 fully saturated rings. The smallest absolute Gasteiger partial charge is 0.290 e. The molecule has 0 bridgehead atoms. The monoisotopic (exact) mass is 451 g/mol. The highest BCUT2D eigenvalue weighted by Crippen LogP contribution is 2.39. The summed E-state index contributed by atoms with van der Waals surface area (Å²) in [6.45, 7) is 6.70. The molecule has 172 valence electrons. The van der Waals surface area contributed by atoms with E-state index in [0.717, 1.165) is 22.3 Å². The molecule has 0 radical (unpaired) electrons. The lowest BCUT2D eigenvalue weighted by Crippen LogP contribution is -2.30. The molecule has 4 rings (SSSR count). The number of aliphatic hydroxyl groups excluding tert-OH is 1. The Bertz CT molecular complexity index is 1230. The third kappa shape index (κ3) is 4.86. The highest BCUT2D eigenvalue weighted by Gasteiger charge is 2.42. The SMILES string of the molecule is CC(C)(C)c1ccc(C2C(C(=O)C=Cc3ccccc3)=C(O)C(=O)N2Cc2ccccc2)cc1. The number of rotatable bonds is 6. The van der Waals surface area contributed by atoms with Gasteiger partial charge in [0.05, 0.1) is 11.6 Å². The third-order valence-corrected chi connectivity index (χ3v) is 6.08. The Morgan fingerprint density at radius 3 is 2.09 bits per heavy atom. The van der Waals surface area contributed by atoms with E-state index in [1.54, 1.807) is 11.0 Å². The molecular formula is C30H29NO3.